The average molecular weight is 269 g/mol. The lowest BCUT2D eigenvalue weighted by Crippen LogP contribution is -2.04. The maximum absolute atomic E-state index is 5.68. The molecule has 2 aromatic rings. The largest absolute Gasteiger partial charge is 0.493 e. The summed E-state index contributed by atoms with van der Waals surface area (Å²) in [5, 5.41) is 3.44. The number of hydrogen-bond acceptors (Lipinski definition) is 2. The van der Waals surface area contributed by atoms with Crippen LogP contribution in [0.15, 0.2) is 48.5 Å². The average Bonchev–Trinajstić information content (AvgIpc) is 2.45. The van der Waals surface area contributed by atoms with Crippen LogP contribution in [0.25, 0.3) is 0 Å². The number of nitrogens with one attached hydrogen (secondary N) is 1. The number of ether oxygens (including phenoxy) is 1. The number of hydrogen-bond donors (Lipinski definition) is 1. The second kappa shape index (κ2) is 6.99. The van der Waals surface area contributed by atoms with Crippen molar-refractivity contribution in [1.29, 1.82) is 0 Å². The van der Waals surface area contributed by atoms with E-state index in [9.17, 15) is 0 Å². The Morgan fingerprint density at radius 2 is 1.70 bits per heavy atom. The zero-order valence-corrected chi connectivity index (χ0v) is 12.5. The first-order chi connectivity index (χ1) is 9.65. The third kappa shape index (κ3) is 4.30. The van der Waals surface area contributed by atoms with Crippen LogP contribution >= 0.6 is 0 Å². The van der Waals surface area contributed by atoms with Crippen LogP contribution in [-0.4, -0.2) is 6.61 Å². The van der Waals surface area contributed by atoms with Crippen LogP contribution in [0.5, 0.6) is 5.75 Å². The molecule has 0 spiro atoms. The molecule has 2 nitrogen and oxygen atoms in total. The molecule has 0 fully saturated rings. The normalized spacial score (nSPS) is 10.6. The summed E-state index contributed by atoms with van der Waals surface area (Å²) in [4.78, 5) is 0. The molecular weight excluding hydrogens is 246 g/mol. The molecule has 0 bridgehead atoms. The Balaban J connectivity index is 1.89. The molecule has 0 saturated carbocycles. The Morgan fingerprint density at radius 1 is 1.00 bits per heavy atom. The van der Waals surface area contributed by atoms with Gasteiger partial charge in [-0.3, -0.25) is 0 Å². The molecule has 2 aromatic carbocycles. The van der Waals surface area contributed by atoms with Gasteiger partial charge < -0.3 is 10.1 Å². The Hall–Kier alpha value is -1.96. The molecule has 0 aliphatic rings. The van der Waals surface area contributed by atoms with Crippen LogP contribution < -0.4 is 10.1 Å². The van der Waals surface area contributed by atoms with Crippen LogP contribution in [0.2, 0.25) is 0 Å². The highest BCUT2D eigenvalue weighted by Gasteiger charge is 1.99. The summed E-state index contributed by atoms with van der Waals surface area (Å²) in [7, 11) is 0. The Bertz CT molecular complexity index is 531. The van der Waals surface area contributed by atoms with Gasteiger partial charge in [-0.1, -0.05) is 38.1 Å². The zero-order chi connectivity index (χ0) is 14.4. The molecule has 0 heterocycles. The third-order valence-electron chi connectivity index (χ3n) is 3.18. The predicted molar refractivity (Wildman–Crippen MR) is 85.3 cm³/mol. The molecule has 0 radical (unpaired) electrons. The lowest BCUT2D eigenvalue weighted by molar-refractivity contribution is 0.271. The van der Waals surface area contributed by atoms with Crippen molar-refractivity contribution in [3.8, 4) is 5.75 Å². The van der Waals surface area contributed by atoms with E-state index in [-0.39, 0.29) is 0 Å². The summed E-state index contributed by atoms with van der Waals surface area (Å²) >= 11 is 0. The van der Waals surface area contributed by atoms with Gasteiger partial charge in [-0.05, 0) is 48.2 Å². The van der Waals surface area contributed by atoms with Crippen molar-refractivity contribution in [3.63, 3.8) is 0 Å². The van der Waals surface area contributed by atoms with Gasteiger partial charge in [0.2, 0.25) is 0 Å². The van der Waals surface area contributed by atoms with Gasteiger partial charge in [0.1, 0.15) is 5.75 Å². The molecule has 2 rings (SSSR count). The fraction of sp³-hybridized carbons (Fsp3) is 0.333. The zero-order valence-electron chi connectivity index (χ0n) is 12.5. The molecule has 0 aromatic heterocycles. The maximum atomic E-state index is 5.68. The van der Waals surface area contributed by atoms with E-state index in [0.29, 0.717) is 5.92 Å². The number of anilines is 1. The highest BCUT2D eigenvalue weighted by atomic mass is 16.5. The van der Waals surface area contributed by atoms with E-state index >= 15 is 0 Å². The van der Waals surface area contributed by atoms with E-state index in [0.717, 1.165) is 24.6 Å². The van der Waals surface area contributed by atoms with Crippen LogP contribution in [0.3, 0.4) is 0 Å². The maximum Gasteiger partial charge on any atom is 0.119 e. The Labute approximate surface area is 121 Å². The lowest BCUT2D eigenvalue weighted by atomic mass is 10.1. The quantitative estimate of drug-likeness (QED) is 0.824. The highest BCUT2D eigenvalue weighted by Crippen LogP contribution is 2.17. The van der Waals surface area contributed by atoms with E-state index in [1.807, 2.05) is 12.1 Å². The number of aryl methyl sites for hydroxylation is 1. The Morgan fingerprint density at radius 3 is 2.35 bits per heavy atom. The van der Waals surface area contributed by atoms with Gasteiger partial charge in [0.05, 0.1) is 6.61 Å². The summed E-state index contributed by atoms with van der Waals surface area (Å²) in [5.74, 6) is 1.48. The van der Waals surface area contributed by atoms with Crippen molar-refractivity contribution in [2.45, 2.75) is 27.3 Å². The SMILES string of the molecule is Cc1ccccc1CNc1ccc(OCC(C)C)cc1. The van der Waals surface area contributed by atoms with Crippen molar-refractivity contribution in [3.05, 3.63) is 59.7 Å². The van der Waals surface area contributed by atoms with Crippen molar-refractivity contribution in [2.24, 2.45) is 5.92 Å². The molecule has 0 amide bonds. The molecule has 0 saturated heterocycles. The van der Waals surface area contributed by atoms with E-state index in [2.05, 4.69) is 62.5 Å². The summed E-state index contributed by atoms with van der Waals surface area (Å²) in [6.45, 7) is 8.05. The number of benzene rings is 2. The lowest BCUT2D eigenvalue weighted by Gasteiger charge is -2.11. The molecule has 0 aliphatic carbocycles. The first-order valence-corrected chi connectivity index (χ1v) is 7.16. The highest BCUT2D eigenvalue weighted by molar-refractivity contribution is 5.47. The van der Waals surface area contributed by atoms with Gasteiger partial charge in [-0.15, -0.1) is 0 Å². The molecule has 106 valence electrons. The Kier molecular flexibility index (Phi) is 5.05. The summed E-state index contributed by atoms with van der Waals surface area (Å²) in [6.07, 6.45) is 0. The standard InChI is InChI=1S/C18H23NO/c1-14(2)13-20-18-10-8-17(9-11-18)19-12-16-7-5-4-6-15(16)3/h4-11,14,19H,12-13H2,1-3H3. The van der Waals surface area contributed by atoms with Crippen LogP contribution in [-0.2, 0) is 6.54 Å². The van der Waals surface area contributed by atoms with E-state index < -0.39 is 0 Å². The van der Waals surface area contributed by atoms with Gasteiger partial charge in [0.25, 0.3) is 0 Å². The summed E-state index contributed by atoms with van der Waals surface area (Å²) < 4.78 is 5.68. The molecular formula is C18H23NO. The second-order valence-corrected chi connectivity index (χ2v) is 5.51. The molecule has 0 aliphatic heterocycles. The van der Waals surface area contributed by atoms with Gasteiger partial charge in [0, 0.05) is 12.2 Å². The van der Waals surface area contributed by atoms with E-state index in [4.69, 9.17) is 4.74 Å². The predicted octanol–water partition coefficient (Wildman–Crippen LogP) is 4.64. The fourth-order valence-corrected chi connectivity index (χ4v) is 1.94. The van der Waals surface area contributed by atoms with Crippen LogP contribution in [0.1, 0.15) is 25.0 Å². The van der Waals surface area contributed by atoms with Crippen molar-refractivity contribution in [2.75, 3.05) is 11.9 Å². The van der Waals surface area contributed by atoms with E-state index in [1.54, 1.807) is 0 Å². The summed E-state index contributed by atoms with van der Waals surface area (Å²) in [6, 6.07) is 16.6. The van der Waals surface area contributed by atoms with Crippen molar-refractivity contribution >= 4 is 5.69 Å². The van der Waals surface area contributed by atoms with Crippen molar-refractivity contribution < 1.29 is 4.74 Å². The summed E-state index contributed by atoms with van der Waals surface area (Å²) in [5.41, 5.74) is 3.76. The minimum Gasteiger partial charge on any atom is -0.493 e. The second-order valence-electron chi connectivity index (χ2n) is 5.51. The van der Waals surface area contributed by atoms with Gasteiger partial charge in [-0.25, -0.2) is 0 Å². The monoisotopic (exact) mass is 269 g/mol. The van der Waals surface area contributed by atoms with Gasteiger partial charge in [-0.2, -0.15) is 0 Å². The molecule has 1 N–H and O–H groups in total. The van der Waals surface area contributed by atoms with Crippen LogP contribution in [0, 0.1) is 12.8 Å². The van der Waals surface area contributed by atoms with Crippen LogP contribution in [0.4, 0.5) is 5.69 Å². The third-order valence-corrected chi connectivity index (χ3v) is 3.18. The first-order valence-electron chi connectivity index (χ1n) is 7.16. The minimum absolute atomic E-state index is 0.550. The molecule has 2 heteroatoms. The molecule has 20 heavy (non-hydrogen) atoms. The van der Waals surface area contributed by atoms with Crippen molar-refractivity contribution in [1.82, 2.24) is 0 Å². The van der Waals surface area contributed by atoms with Gasteiger partial charge >= 0.3 is 0 Å². The molecule has 0 atom stereocenters. The first kappa shape index (κ1) is 14.4. The fourth-order valence-electron chi connectivity index (χ4n) is 1.94. The van der Waals surface area contributed by atoms with Gasteiger partial charge in [0.15, 0.2) is 0 Å². The van der Waals surface area contributed by atoms with E-state index in [1.165, 1.54) is 11.1 Å². The molecule has 0 unspecified atom stereocenters. The minimum atomic E-state index is 0.550. The number of rotatable bonds is 6. The topological polar surface area (TPSA) is 21.3 Å². The smallest absolute Gasteiger partial charge is 0.119 e.